The van der Waals surface area contributed by atoms with Crippen molar-refractivity contribution in [3.05, 3.63) is 53.6 Å². The smallest absolute Gasteiger partial charge is 0.222 e. The van der Waals surface area contributed by atoms with Crippen LogP contribution in [0.3, 0.4) is 0 Å². The summed E-state index contributed by atoms with van der Waals surface area (Å²) in [7, 11) is 0. The van der Waals surface area contributed by atoms with Crippen molar-refractivity contribution in [3.8, 4) is 0 Å². The summed E-state index contributed by atoms with van der Waals surface area (Å²) in [6.07, 6.45) is 4.01. The second-order valence-electron chi connectivity index (χ2n) is 5.48. The highest BCUT2D eigenvalue weighted by Gasteiger charge is 2.35. The minimum Gasteiger partial charge on any atom is -0.350 e. The van der Waals surface area contributed by atoms with E-state index >= 15 is 0 Å². The van der Waals surface area contributed by atoms with Crippen LogP contribution in [0.5, 0.6) is 0 Å². The van der Waals surface area contributed by atoms with Crippen molar-refractivity contribution in [2.75, 3.05) is 18.4 Å². The van der Waals surface area contributed by atoms with E-state index in [4.69, 9.17) is 0 Å². The zero-order valence-corrected chi connectivity index (χ0v) is 12.6. The standard InChI is InChI=1S/C16H17F3N4/c1-2-23-7-4-13(22-16-20-5-3-6-21-16)15(23)10-8-11(17)14(19)12(18)9-10/h3,5-6,8-9,13,15H,2,4,7H2,1H3,(H,20,21,22). The van der Waals surface area contributed by atoms with Crippen LogP contribution in [0.2, 0.25) is 0 Å². The molecule has 1 aromatic heterocycles. The Balaban J connectivity index is 1.92. The molecule has 1 saturated heterocycles. The quantitative estimate of drug-likeness (QED) is 0.878. The molecule has 1 fully saturated rings. The largest absolute Gasteiger partial charge is 0.350 e. The van der Waals surface area contributed by atoms with Crippen molar-refractivity contribution in [2.45, 2.75) is 25.4 Å². The Morgan fingerprint density at radius 2 is 1.83 bits per heavy atom. The number of benzene rings is 1. The molecule has 4 nitrogen and oxygen atoms in total. The van der Waals surface area contributed by atoms with E-state index in [-0.39, 0.29) is 12.1 Å². The highest BCUT2D eigenvalue weighted by molar-refractivity contribution is 5.32. The van der Waals surface area contributed by atoms with Gasteiger partial charge in [-0.15, -0.1) is 0 Å². The SMILES string of the molecule is CCN1CCC(Nc2ncccn2)C1c1cc(F)c(F)c(F)c1. The lowest BCUT2D eigenvalue weighted by atomic mass is 9.99. The fourth-order valence-corrected chi connectivity index (χ4v) is 3.09. The van der Waals surface area contributed by atoms with E-state index in [9.17, 15) is 13.2 Å². The van der Waals surface area contributed by atoms with Crippen LogP contribution in [-0.2, 0) is 0 Å². The number of aromatic nitrogens is 2. The van der Waals surface area contributed by atoms with Crippen molar-refractivity contribution in [1.29, 1.82) is 0 Å². The molecular weight excluding hydrogens is 305 g/mol. The second kappa shape index (κ2) is 6.54. The van der Waals surface area contributed by atoms with E-state index in [0.29, 0.717) is 11.5 Å². The van der Waals surface area contributed by atoms with E-state index in [0.717, 1.165) is 31.6 Å². The van der Waals surface area contributed by atoms with Crippen molar-refractivity contribution in [3.63, 3.8) is 0 Å². The number of anilines is 1. The Morgan fingerprint density at radius 3 is 2.43 bits per heavy atom. The molecule has 1 aliphatic heterocycles. The predicted molar refractivity (Wildman–Crippen MR) is 80.4 cm³/mol. The van der Waals surface area contributed by atoms with Crippen molar-refractivity contribution in [1.82, 2.24) is 14.9 Å². The minimum atomic E-state index is -1.44. The van der Waals surface area contributed by atoms with E-state index in [2.05, 4.69) is 20.2 Å². The molecule has 0 saturated carbocycles. The second-order valence-corrected chi connectivity index (χ2v) is 5.48. The lowest BCUT2D eigenvalue weighted by molar-refractivity contribution is 0.263. The number of likely N-dealkylation sites (tertiary alicyclic amines) is 1. The number of hydrogen-bond donors (Lipinski definition) is 1. The molecule has 2 aromatic rings. The topological polar surface area (TPSA) is 41.0 Å². The highest BCUT2D eigenvalue weighted by Crippen LogP contribution is 2.34. The van der Waals surface area contributed by atoms with Gasteiger partial charge in [0.25, 0.3) is 0 Å². The first-order valence-corrected chi connectivity index (χ1v) is 7.52. The average molecular weight is 322 g/mol. The Hall–Kier alpha value is -2.15. The van der Waals surface area contributed by atoms with Crippen LogP contribution < -0.4 is 5.32 Å². The van der Waals surface area contributed by atoms with Crippen LogP contribution >= 0.6 is 0 Å². The molecule has 0 aliphatic carbocycles. The fourth-order valence-electron chi connectivity index (χ4n) is 3.09. The molecule has 1 N–H and O–H groups in total. The van der Waals surface area contributed by atoms with Crippen LogP contribution in [0.4, 0.5) is 19.1 Å². The normalized spacial score (nSPS) is 21.6. The molecule has 2 heterocycles. The summed E-state index contributed by atoms with van der Waals surface area (Å²) >= 11 is 0. The molecule has 23 heavy (non-hydrogen) atoms. The summed E-state index contributed by atoms with van der Waals surface area (Å²) < 4.78 is 40.4. The van der Waals surface area contributed by atoms with Gasteiger partial charge in [0.05, 0.1) is 6.04 Å². The van der Waals surface area contributed by atoms with E-state index < -0.39 is 17.5 Å². The third-order valence-electron chi connectivity index (χ3n) is 4.14. The molecule has 0 radical (unpaired) electrons. The lowest BCUT2D eigenvalue weighted by Crippen LogP contribution is -2.32. The molecule has 1 aliphatic rings. The Labute approximate surface area is 132 Å². The molecule has 0 bridgehead atoms. The molecule has 3 rings (SSSR count). The number of halogens is 3. The fraction of sp³-hybridized carbons (Fsp3) is 0.375. The van der Waals surface area contributed by atoms with Gasteiger partial charge in [-0.05, 0) is 36.7 Å². The van der Waals surface area contributed by atoms with Crippen LogP contribution in [0.1, 0.15) is 24.9 Å². The summed E-state index contributed by atoms with van der Waals surface area (Å²) in [5, 5.41) is 3.20. The van der Waals surface area contributed by atoms with E-state index in [1.807, 2.05) is 6.92 Å². The monoisotopic (exact) mass is 322 g/mol. The molecule has 2 atom stereocenters. The van der Waals surface area contributed by atoms with Crippen molar-refractivity contribution in [2.24, 2.45) is 0 Å². The Morgan fingerprint density at radius 1 is 1.17 bits per heavy atom. The first-order valence-electron chi connectivity index (χ1n) is 7.52. The molecular formula is C16H17F3N4. The van der Waals surface area contributed by atoms with Gasteiger partial charge in [-0.1, -0.05) is 6.92 Å². The highest BCUT2D eigenvalue weighted by atomic mass is 19.2. The summed E-state index contributed by atoms with van der Waals surface area (Å²) in [6.45, 7) is 3.47. The lowest BCUT2D eigenvalue weighted by Gasteiger charge is -2.28. The molecule has 1 aromatic carbocycles. The van der Waals surface area contributed by atoms with Gasteiger partial charge in [-0.2, -0.15) is 0 Å². The van der Waals surface area contributed by atoms with Gasteiger partial charge < -0.3 is 5.32 Å². The maximum atomic E-state index is 13.6. The number of nitrogens with zero attached hydrogens (tertiary/aromatic N) is 3. The van der Waals surface area contributed by atoms with Gasteiger partial charge in [0.1, 0.15) is 0 Å². The van der Waals surface area contributed by atoms with Crippen molar-refractivity contribution < 1.29 is 13.2 Å². The molecule has 7 heteroatoms. The molecule has 0 spiro atoms. The van der Waals surface area contributed by atoms with Gasteiger partial charge in [0.2, 0.25) is 5.95 Å². The predicted octanol–water partition coefficient (Wildman–Crippen LogP) is 3.14. The molecule has 0 amide bonds. The van der Waals surface area contributed by atoms with E-state index in [1.165, 1.54) is 0 Å². The third-order valence-corrected chi connectivity index (χ3v) is 4.14. The Bertz CT molecular complexity index is 657. The van der Waals surface area contributed by atoms with Gasteiger partial charge in [0.15, 0.2) is 17.5 Å². The first kappa shape index (κ1) is 15.7. The minimum absolute atomic E-state index is 0.110. The summed E-state index contributed by atoms with van der Waals surface area (Å²) in [5.41, 5.74) is 0.411. The number of hydrogen-bond acceptors (Lipinski definition) is 4. The number of nitrogens with one attached hydrogen (secondary N) is 1. The van der Waals surface area contributed by atoms with Crippen molar-refractivity contribution >= 4 is 5.95 Å². The van der Waals surface area contributed by atoms with Crippen LogP contribution in [-0.4, -0.2) is 34.0 Å². The summed E-state index contributed by atoms with van der Waals surface area (Å²) in [5.74, 6) is -3.32. The zero-order chi connectivity index (χ0) is 16.4. The maximum absolute atomic E-state index is 13.6. The van der Waals surface area contributed by atoms with Gasteiger partial charge in [0, 0.05) is 25.0 Å². The maximum Gasteiger partial charge on any atom is 0.222 e. The average Bonchev–Trinajstić information content (AvgIpc) is 2.95. The van der Waals surface area contributed by atoms with Crippen LogP contribution in [0.25, 0.3) is 0 Å². The summed E-state index contributed by atoms with van der Waals surface area (Å²) in [4.78, 5) is 10.3. The molecule has 2 unspecified atom stereocenters. The van der Waals surface area contributed by atoms with Crippen LogP contribution in [0.15, 0.2) is 30.6 Å². The molecule has 122 valence electrons. The van der Waals surface area contributed by atoms with Gasteiger partial charge in [-0.25, -0.2) is 23.1 Å². The van der Waals surface area contributed by atoms with Crippen LogP contribution in [0, 0.1) is 17.5 Å². The van der Waals surface area contributed by atoms with E-state index in [1.54, 1.807) is 18.5 Å². The first-order chi connectivity index (χ1) is 11.1. The van der Waals surface area contributed by atoms with Gasteiger partial charge >= 0.3 is 0 Å². The summed E-state index contributed by atoms with van der Waals surface area (Å²) in [6, 6.07) is 3.46. The third kappa shape index (κ3) is 3.14. The Kier molecular flexibility index (Phi) is 4.47. The zero-order valence-electron chi connectivity index (χ0n) is 12.6. The number of likely N-dealkylation sites (N-methyl/N-ethyl adjacent to an activating group) is 1. The van der Waals surface area contributed by atoms with Gasteiger partial charge in [-0.3, -0.25) is 4.90 Å². The number of rotatable bonds is 4.